The average Bonchev–Trinajstić information content (AvgIpc) is 2.65. The maximum atomic E-state index is 3.59. The van der Waals surface area contributed by atoms with E-state index < -0.39 is 0 Å². The van der Waals surface area contributed by atoms with Gasteiger partial charge in [-0.3, -0.25) is 0 Å². The van der Waals surface area contributed by atoms with Crippen molar-refractivity contribution < 1.29 is 0 Å². The molecule has 2 fully saturated rings. The summed E-state index contributed by atoms with van der Waals surface area (Å²) in [6.45, 7) is 11.2. The van der Waals surface area contributed by atoms with E-state index in [4.69, 9.17) is 0 Å². The maximum Gasteiger partial charge on any atom is 0.0156 e. The third-order valence-corrected chi connectivity index (χ3v) is 5.56. The van der Waals surface area contributed by atoms with E-state index in [0.29, 0.717) is 11.5 Å². The number of rotatable bonds is 4. The van der Waals surface area contributed by atoms with E-state index in [1.807, 2.05) is 0 Å². The van der Waals surface area contributed by atoms with E-state index in [0.717, 1.165) is 11.8 Å². The Morgan fingerprint density at radius 1 is 1.17 bits per heavy atom. The fourth-order valence-corrected chi connectivity index (χ4v) is 4.25. The lowest BCUT2D eigenvalue weighted by atomic mass is 9.84. The average molecular weight is 252 g/mol. The Balaban J connectivity index is 1.83. The van der Waals surface area contributed by atoms with Gasteiger partial charge in [0.15, 0.2) is 0 Å². The van der Waals surface area contributed by atoms with Crippen LogP contribution in [0, 0.1) is 17.3 Å². The van der Waals surface area contributed by atoms with Crippen LogP contribution in [0.25, 0.3) is 0 Å². The van der Waals surface area contributed by atoms with Crippen LogP contribution in [0.1, 0.15) is 52.9 Å². The maximum absolute atomic E-state index is 3.59. The first-order chi connectivity index (χ1) is 8.56. The van der Waals surface area contributed by atoms with Crippen molar-refractivity contribution in [1.82, 2.24) is 10.2 Å². The molecule has 0 aromatic rings. The summed E-state index contributed by atoms with van der Waals surface area (Å²) in [6.07, 6.45) is 7.03. The number of likely N-dealkylation sites (tertiary alicyclic amines) is 1. The van der Waals surface area contributed by atoms with Gasteiger partial charge in [-0.15, -0.1) is 0 Å². The summed E-state index contributed by atoms with van der Waals surface area (Å²) in [5.74, 6) is 1.87. The van der Waals surface area contributed by atoms with Crippen molar-refractivity contribution in [3.63, 3.8) is 0 Å². The van der Waals surface area contributed by atoms with E-state index in [1.165, 1.54) is 51.7 Å². The molecule has 0 amide bonds. The number of hydrogen-bond acceptors (Lipinski definition) is 2. The molecule has 0 radical (unpaired) electrons. The summed E-state index contributed by atoms with van der Waals surface area (Å²) < 4.78 is 0. The van der Waals surface area contributed by atoms with Crippen LogP contribution in [0.2, 0.25) is 0 Å². The third-order valence-electron chi connectivity index (χ3n) is 5.56. The first-order valence-electron chi connectivity index (χ1n) is 7.96. The molecule has 2 rings (SSSR count). The molecule has 2 unspecified atom stereocenters. The highest BCUT2D eigenvalue weighted by molar-refractivity contribution is 4.96. The quantitative estimate of drug-likeness (QED) is 0.827. The molecule has 2 heteroatoms. The summed E-state index contributed by atoms with van der Waals surface area (Å²) in [5.41, 5.74) is 0.487. The highest BCUT2D eigenvalue weighted by Crippen LogP contribution is 2.41. The second-order valence-electron chi connectivity index (χ2n) is 7.21. The van der Waals surface area contributed by atoms with Crippen molar-refractivity contribution in [3.8, 4) is 0 Å². The Morgan fingerprint density at radius 2 is 1.83 bits per heavy atom. The molecule has 1 aliphatic carbocycles. The molecule has 1 N–H and O–H groups in total. The molecule has 2 nitrogen and oxygen atoms in total. The van der Waals surface area contributed by atoms with Crippen LogP contribution in [0.5, 0.6) is 0 Å². The van der Waals surface area contributed by atoms with Gasteiger partial charge in [0.05, 0.1) is 0 Å². The van der Waals surface area contributed by atoms with Gasteiger partial charge in [0.1, 0.15) is 0 Å². The zero-order valence-electron chi connectivity index (χ0n) is 12.8. The van der Waals surface area contributed by atoms with E-state index in [1.54, 1.807) is 0 Å². The molecule has 0 bridgehead atoms. The van der Waals surface area contributed by atoms with Crippen LogP contribution in [-0.4, -0.2) is 37.6 Å². The number of nitrogens with one attached hydrogen (secondary N) is 1. The zero-order valence-corrected chi connectivity index (χ0v) is 12.8. The minimum absolute atomic E-state index is 0.487. The Bertz CT molecular complexity index is 254. The largest absolute Gasteiger partial charge is 0.316 e. The van der Waals surface area contributed by atoms with Crippen LogP contribution >= 0.6 is 0 Å². The predicted molar refractivity (Wildman–Crippen MR) is 78.8 cm³/mol. The van der Waals surface area contributed by atoms with E-state index in [-0.39, 0.29) is 0 Å². The number of piperidine rings is 1. The van der Waals surface area contributed by atoms with Crippen molar-refractivity contribution >= 4 is 0 Å². The smallest absolute Gasteiger partial charge is 0.0156 e. The Kier molecular flexibility index (Phi) is 4.71. The van der Waals surface area contributed by atoms with Crippen LogP contribution in [-0.2, 0) is 0 Å². The van der Waals surface area contributed by atoms with Crippen molar-refractivity contribution in [2.45, 2.75) is 58.9 Å². The lowest BCUT2D eigenvalue weighted by Crippen LogP contribution is -2.45. The molecule has 1 aliphatic heterocycles. The monoisotopic (exact) mass is 252 g/mol. The first kappa shape index (κ1) is 14.3. The van der Waals surface area contributed by atoms with E-state index in [2.05, 4.69) is 38.0 Å². The molecule has 1 heterocycles. The molecule has 2 atom stereocenters. The topological polar surface area (TPSA) is 15.3 Å². The lowest BCUT2D eigenvalue weighted by Gasteiger charge is -2.36. The highest BCUT2D eigenvalue weighted by Gasteiger charge is 2.41. The van der Waals surface area contributed by atoms with Crippen molar-refractivity contribution in [1.29, 1.82) is 0 Å². The van der Waals surface area contributed by atoms with Gasteiger partial charge in [-0.1, -0.05) is 27.2 Å². The predicted octanol–water partition coefficient (Wildman–Crippen LogP) is 3.13. The normalized spacial score (nSPS) is 34.0. The molecule has 0 aromatic carbocycles. The standard InChI is InChI=1S/C16H32N2/c1-5-13-7-10-18(11-8-13)12-14-6-9-16(2,3)15(14)17-4/h13-15,17H,5-12H2,1-4H3. The van der Waals surface area contributed by atoms with E-state index >= 15 is 0 Å². The van der Waals surface area contributed by atoms with Crippen LogP contribution in [0.15, 0.2) is 0 Å². The van der Waals surface area contributed by atoms with Gasteiger partial charge in [0.25, 0.3) is 0 Å². The number of nitrogens with zero attached hydrogens (tertiary/aromatic N) is 1. The van der Waals surface area contributed by atoms with Crippen LogP contribution < -0.4 is 5.32 Å². The van der Waals surface area contributed by atoms with Crippen LogP contribution in [0.3, 0.4) is 0 Å². The summed E-state index contributed by atoms with van der Waals surface area (Å²) in [5, 5.41) is 3.59. The van der Waals surface area contributed by atoms with Gasteiger partial charge in [0, 0.05) is 12.6 Å². The highest BCUT2D eigenvalue weighted by atomic mass is 15.1. The van der Waals surface area contributed by atoms with Gasteiger partial charge in [0.2, 0.25) is 0 Å². The van der Waals surface area contributed by atoms with Crippen molar-refractivity contribution in [2.75, 3.05) is 26.7 Å². The second kappa shape index (κ2) is 5.92. The fourth-order valence-electron chi connectivity index (χ4n) is 4.25. The van der Waals surface area contributed by atoms with Gasteiger partial charge < -0.3 is 10.2 Å². The summed E-state index contributed by atoms with van der Waals surface area (Å²) in [4.78, 5) is 2.72. The summed E-state index contributed by atoms with van der Waals surface area (Å²) >= 11 is 0. The molecular formula is C16H32N2. The van der Waals surface area contributed by atoms with Gasteiger partial charge >= 0.3 is 0 Å². The fraction of sp³-hybridized carbons (Fsp3) is 1.00. The SMILES string of the molecule is CCC1CCN(CC2CCC(C)(C)C2NC)CC1. The molecule has 1 saturated carbocycles. The summed E-state index contributed by atoms with van der Waals surface area (Å²) in [7, 11) is 2.15. The zero-order chi connectivity index (χ0) is 13.2. The minimum atomic E-state index is 0.487. The molecule has 2 aliphatic rings. The lowest BCUT2D eigenvalue weighted by molar-refractivity contribution is 0.141. The van der Waals surface area contributed by atoms with Crippen molar-refractivity contribution in [3.05, 3.63) is 0 Å². The number of hydrogen-bond donors (Lipinski definition) is 1. The molecular weight excluding hydrogens is 220 g/mol. The second-order valence-corrected chi connectivity index (χ2v) is 7.21. The minimum Gasteiger partial charge on any atom is -0.316 e. The Hall–Kier alpha value is -0.0800. The Morgan fingerprint density at radius 3 is 2.39 bits per heavy atom. The van der Waals surface area contributed by atoms with Gasteiger partial charge in [-0.25, -0.2) is 0 Å². The third kappa shape index (κ3) is 3.08. The molecule has 1 saturated heterocycles. The first-order valence-corrected chi connectivity index (χ1v) is 7.96. The van der Waals surface area contributed by atoms with Crippen LogP contribution in [0.4, 0.5) is 0 Å². The molecule has 0 spiro atoms. The Labute approximate surface area is 114 Å². The van der Waals surface area contributed by atoms with Gasteiger partial charge in [-0.2, -0.15) is 0 Å². The summed E-state index contributed by atoms with van der Waals surface area (Å²) in [6, 6.07) is 0.710. The van der Waals surface area contributed by atoms with Crippen molar-refractivity contribution in [2.24, 2.45) is 17.3 Å². The van der Waals surface area contributed by atoms with E-state index in [9.17, 15) is 0 Å². The molecule has 106 valence electrons. The van der Waals surface area contributed by atoms with Gasteiger partial charge in [-0.05, 0) is 63.1 Å². The molecule has 18 heavy (non-hydrogen) atoms. The molecule has 0 aromatic heterocycles.